The van der Waals surface area contributed by atoms with Gasteiger partial charge in [0, 0.05) is 25.4 Å². The van der Waals surface area contributed by atoms with Gasteiger partial charge in [0.2, 0.25) is 0 Å². The van der Waals surface area contributed by atoms with Crippen molar-refractivity contribution >= 4 is 11.6 Å². The van der Waals surface area contributed by atoms with Crippen LogP contribution in [0.3, 0.4) is 0 Å². The zero-order valence-corrected chi connectivity index (χ0v) is 12.1. The van der Waals surface area contributed by atoms with Gasteiger partial charge in [0.1, 0.15) is 17.5 Å². The molecular formula is C15H19N5O. The van der Waals surface area contributed by atoms with Crippen LogP contribution in [0.25, 0.3) is 0 Å². The lowest BCUT2D eigenvalue weighted by Gasteiger charge is -2.28. The van der Waals surface area contributed by atoms with E-state index in [1.54, 1.807) is 6.20 Å². The summed E-state index contributed by atoms with van der Waals surface area (Å²) in [6, 6.07) is 7.87. The Morgan fingerprint density at radius 3 is 2.86 bits per heavy atom. The molecule has 6 nitrogen and oxygen atoms in total. The number of rotatable bonds is 4. The molecule has 0 atom stereocenters. The van der Waals surface area contributed by atoms with Gasteiger partial charge in [-0.1, -0.05) is 6.07 Å². The van der Waals surface area contributed by atoms with Gasteiger partial charge in [-0.05, 0) is 19.1 Å². The Labute approximate surface area is 124 Å². The number of anilines is 2. The van der Waals surface area contributed by atoms with E-state index in [1.165, 1.54) is 0 Å². The molecule has 0 aliphatic carbocycles. The molecule has 0 unspecified atom stereocenters. The molecule has 0 radical (unpaired) electrons. The maximum Gasteiger partial charge on any atom is 0.134 e. The first-order valence-corrected chi connectivity index (χ1v) is 7.13. The van der Waals surface area contributed by atoms with Crippen LogP contribution in [-0.4, -0.2) is 41.3 Å². The number of pyridine rings is 1. The van der Waals surface area contributed by atoms with Crippen molar-refractivity contribution in [3.63, 3.8) is 0 Å². The first-order valence-electron chi connectivity index (χ1n) is 7.13. The Morgan fingerprint density at radius 1 is 1.24 bits per heavy atom. The van der Waals surface area contributed by atoms with E-state index in [0.29, 0.717) is 6.54 Å². The lowest BCUT2D eigenvalue weighted by molar-refractivity contribution is 0.122. The van der Waals surface area contributed by atoms with Crippen LogP contribution in [-0.2, 0) is 11.3 Å². The second-order valence-electron chi connectivity index (χ2n) is 4.93. The van der Waals surface area contributed by atoms with E-state index < -0.39 is 0 Å². The maximum atomic E-state index is 5.38. The predicted molar refractivity (Wildman–Crippen MR) is 81.4 cm³/mol. The monoisotopic (exact) mass is 285 g/mol. The van der Waals surface area contributed by atoms with E-state index in [1.807, 2.05) is 31.2 Å². The third kappa shape index (κ3) is 3.66. The molecule has 1 N–H and O–H groups in total. The van der Waals surface area contributed by atoms with Gasteiger partial charge in [0.15, 0.2) is 0 Å². The Balaban J connectivity index is 1.71. The van der Waals surface area contributed by atoms with E-state index in [4.69, 9.17) is 4.74 Å². The lowest BCUT2D eigenvalue weighted by atomic mass is 10.3. The summed E-state index contributed by atoms with van der Waals surface area (Å²) >= 11 is 0. The minimum absolute atomic E-state index is 0.653. The molecule has 0 amide bonds. The van der Waals surface area contributed by atoms with Crippen molar-refractivity contribution in [3.8, 4) is 0 Å². The summed E-state index contributed by atoms with van der Waals surface area (Å²) in [5.41, 5.74) is 0.988. The van der Waals surface area contributed by atoms with Crippen LogP contribution >= 0.6 is 0 Å². The Morgan fingerprint density at radius 2 is 2.10 bits per heavy atom. The topological polar surface area (TPSA) is 63.2 Å². The molecule has 2 aromatic rings. The SMILES string of the molecule is Cc1nc(NCc2ccccn2)cc(N2CCOCC2)n1. The molecule has 0 saturated carbocycles. The van der Waals surface area contributed by atoms with E-state index in [9.17, 15) is 0 Å². The highest BCUT2D eigenvalue weighted by atomic mass is 16.5. The van der Waals surface area contributed by atoms with Crippen LogP contribution in [0.5, 0.6) is 0 Å². The van der Waals surface area contributed by atoms with Crippen molar-refractivity contribution in [1.82, 2.24) is 15.0 Å². The van der Waals surface area contributed by atoms with E-state index in [-0.39, 0.29) is 0 Å². The lowest BCUT2D eigenvalue weighted by Crippen LogP contribution is -2.37. The minimum Gasteiger partial charge on any atom is -0.378 e. The van der Waals surface area contributed by atoms with Gasteiger partial charge >= 0.3 is 0 Å². The van der Waals surface area contributed by atoms with Crippen LogP contribution in [0.2, 0.25) is 0 Å². The second kappa shape index (κ2) is 6.49. The van der Waals surface area contributed by atoms with Crippen LogP contribution in [0.1, 0.15) is 11.5 Å². The molecule has 1 aliphatic rings. The number of aryl methyl sites for hydroxylation is 1. The summed E-state index contributed by atoms with van der Waals surface area (Å²) in [7, 11) is 0. The Bertz CT molecular complexity index is 584. The van der Waals surface area contributed by atoms with Crippen LogP contribution in [0.4, 0.5) is 11.6 Å². The number of nitrogens with one attached hydrogen (secondary N) is 1. The molecule has 1 saturated heterocycles. The normalized spacial score (nSPS) is 15.0. The van der Waals surface area contributed by atoms with Gasteiger partial charge in [0.25, 0.3) is 0 Å². The summed E-state index contributed by atoms with van der Waals surface area (Å²) in [6.45, 7) is 5.81. The van der Waals surface area contributed by atoms with Gasteiger partial charge < -0.3 is 15.0 Å². The van der Waals surface area contributed by atoms with Crippen LogP contribution in [0.15, 0.2) is 30.5 Å². The number of aromatic nitrogens is 3. The quantitative estimate of drug-likeness (QED) is 0.921. The molecule has 0 bridgehead atoms. The standard InChI is InChI=1S/C15H19N5O/c1-12-18-14(17-11-13-4-2-3-5-16-13)10-15(19-12)20-6-8-21-9-7-20/h2-5,10H,6-9,11H2,1H3,(H,17,18,19). The molecule has 2 aromatic heterocycles. The average molecular weight is 285 g/mol. The van der Waals surface area contributed by atoms with Crippen molar-refractivity contribution in [2.45, 2.75) is 13.5 Å². The van der Waals surface area contributed by atoms with Gasteiger partial charge in [0.05, 0.1) is 25.5 Å². The fraction of sp³-hybridized carbons (Fsp3) is 0.400. The molecule has 110 valence electrons. The summed E-state index contributed by atoms with van der Waals surface area (Å²) in [6.07, 6.45) is 1.79. The fourth-order valence-corrected chi connectivity index (χ4v) is 2.28. The molecule has 0 aromatic carbocycles. The summed E-state index contributed by atoms with van der Waals surface area (Å²) in [5.74, 6) is 2.55. The van der Waals surface area contributed by atoms with E-state index in [0.717, 1.165) is 49.5 Å². The second-order valence-corrected chi connectivity index (χ2v) is 4.93. The largest absolute Gasteiger partial charge is 0.378 e. The van der Waals surface area contributed by atoms with Crippen LogP contribution < -0.4 is 10.2 Å². The average Bonchev–Trinajstić information content (AvgIpc) is 2.54. The molecule has 6 heteroatoms. The molecule has 3 heterocycles. The van der Waals surface area contributed by atoms with Gasteiger partial charge in [-0.2, -0.15) is 0 Å². The number of morpholine rings is 1. The number of ether oxygens (including phenoxy) is 1. The summed E-state index contributed by atoms with van der Waals surface area (Å²) in [4.78, 5) is 15.5. The highest BCUT2D eigenvalue weighted by Gasteiger charge is 2.14. The molecular weight excluding hydrogens is 266 g/mol. The smallest absolute Gasteiger partial charge is 0.134 e. The first-order chi connectivity index (χ1) is 10.3. The van der Waals surface area contributed by atoms with Crippen molar-refractivity contribution in [2.24, 2.45) is 0 Å². The third-order valence-electron chi connectivity index (χ3n) is 3.34. The fourth-order valence-electron chi connectivity index (χ4n) is 2.28. The van der Waals surface area contributed by atoms with Crippen molar-refractivity contribution in [1.29, 1.82) is 0 Å². The first kappa shape index (κ1) is 13.8. The zero-order chi connectivity index (χ0) is 14.5. The van der Waals surface area contributed by atoms with Crippen molar-refractivity contribution in [3.05, 3.63) is 42.0 Å². The molecule has 1 aliphatic heterocycles. The Hall–Kier alpha value is -2.21. The van der Waals surface area contributed by atoms with E-state index in [2.05, 4.69) is 25.2 Å². The van der Waals surface area contributed by atoms with Crippen LogP contribution in [0, 0.1) is 6.92 Å². The van der Waals surface area contributed by atoms with E-state index >= 15 is 0 Å². The van der Waals surface area contributed by atoms with Gasteiger partial charge in [-0.25, -0.2) is 9.97 Å². The minimum atomic E-state index is 0.653. The molecule has 0 spiro atoms. The molecule has 3 rings (SSSR count). The molecule has 21 heavy (non-hydrogen) atoms. The summed E-state index contributed by atoms with van der Waals surface area (Å²) in [5, 5.41) is 3.31. The number of hydrogen-bond acceptors (Lipinski definition) is 6. The van der Waals surface area contributed by atoms with Crippen molar-refractivity contribution < 1.29 is 4.74 Å². The Kier molecular flexibility index (Phi) is 4.25. The predicted octanol–water partition coefficient (Wildman–Crippen LogP) is 1.63. The highest BCUT2D eigenvalue weighted by Crippen LogP contribution is 2.17. The maximum absolute atomic E-state index is 5.38. The summed E-state index contributed by atoms with van der Waals surface area (Å²) < 4.78 is 5.38. The van der Waals surface area contributed by atoms with Gasteiger partial charge in [-0.3, -0.25) is 4.98 Å². The van der Waals surface area contributed by atoms with Crippen molar-refractivity contribution in [2.75, 3.05) is 36.5 Å². The number of hydrogen-bond donors (Lipinski definition) is 1. The highest BCUT2D eigenvalue weighted by molar-refractivity contribution is 5.49. The molecule has 1 fully saturated rings. The number of nitrogens with zero attached hydrogens (tertiary/aromatic N) is 4. The zero-order valence-electron chi connectivity index (χ0n) is 12.1. The third-order valence-corrected chi connectivity index (χ3v) is 3.34. The van der Waals surface area contributed by atoms with Gasteiger partial charge in [-0.15, -0.1) is 0 Å².